The van der Waals surface area contributed by atoms with Gasteiger partial charge in [0.2, 0.25) is 5.91 Å². The molecule has 1 aromatic carbocycles. The maximum atomic E-state index is 12.4. The summed E-state index contributed by atoms with van der Waals surface area (Å²) >= 11 is 0. The van der Waals surface area contributed by atoms with Gasteiger partial charge in [-0.1, -0.05) is 6.07 Å². The molecule has 2 atom stereocenters. The first-order chi connectivity index (χ1) is 12.0. The zero-order valence-electron chi connectivity index (χ0n) is 15.4. The molecule has 0 spiro atoms. The maximum Gasteiger partial charge on any atom is 0.307 e. The topological polar surface area (TPSA) is 88.1 Å². The van der Waals surface area contributed by atoms with Gasteiger partial charge in [-0.25, -0.2) is 0 Å². The van der Waals surface area contributed by atoms with Gasteiger partial charge in [0, 0.05) is 13.1 Å². The van der Waals surface area contributed by atoms with E-state index in [-0.39, 0.29) is 24.4 Å². The fourth-order valence-corrected chi connectivity index (χ4v) is 3.05. The molecule has 0 radical (unpaired) electrons. The SMILES string of the molecule is COc1ccc(CNC(=O)C(C)N2CCCC(C(=O)O)C2)cc1OC.Cl. The number of nitrogens with zero attached hydrogens (tertiary/aromatic N) is 1. The number of amides is 1. The lowest BCUT2D eigenvalue weighted by Gasteiger charge is -2.34. The Bertz CT molecular complexity index is 626. The first-order valence-electron chi connectivity index (χ1n) is 8.41. The third-order valence-electron chi connectivity index (χ3n) is 4.64. The van der Waals surface area contributed by atoms with Gasteiger partial charge in [-0.05, 0) is 44.0 Å². The molecule has 1 fully saturated rings. The van der Waals surface area contributed by atoms with Gasteiger partial charge >= 0.3 is 5.97 Å². The van der Waals surface area contributed by atoms with Crippen molar-refractivity contribution in [3.8, 4) is 11.5 Å². The second-order valence-corrected chi connectivity index (χ2v) is 6.26. The van der Waals surface area contributed by atoms with Gasteiger partial charge in [0.25, 0.3) is 0 Å². The zero-order valence-corrected chi connectivity index (χ0v) is 16.2. The van der Waals surface area contributed by atoms with Crippen molar-refractivity contribution in [2.75, 3.05) is 27.3 Å². The van der Waals surface area contributed by atoms with E-state index in [1.807, 2.05) is 24.0 Å². The van der Waals surface area contributed by atoms with E-state index in [2.05, 4.69) is 5.32 Å². The van der Waals surface area contributed by atoms with Crippen LogP contribution in [0, 0.1) is 5.92 Å². The smallest absolute Gasteiger partial charge is 0.307 e. The predicted octanol–water partition coefficient (Wildman–Crippen LogP) is 1.93. The standard InChI is InChI=1S/C18H26N2O5.ClH/c1-12(20-8-4-5-14(11-20)18(22)23)17(21)19-10-13-6-7-15(24-2)16(9-13)25-3;/h6-7,9,12,14H,4-5,8,10-11H2,1-3H3,(H,19,21)(H,22,23);1H. The molecule has 0 bridgehead atoms. The van der Waals surface area contributed by atoms with E-state index in [1.54, 1.807) is 20.3 Å². The highest BCUT2D eigenvalue weighted by atomic mass is 35.5. The zero-order chi connectivity index (χ0) is 18.4. The second-order valence-electron chi connectivity index (χ2n) is 6.26. The maximum absolute atomic E-state index is 12.4. The van der Waals surface area contributed by atoms with Gasteiger partial charge in [-0.3, -0.25) is 14.5 Å². The predicted molar refractivity (Wildman–Crippen MR) is 100 cm³/mol. The van der Waals surface area contributed by atoms with Crippen LogP contribution in [0.5, 0.6) is 11.5 Å². The Morgan fingerprint density at radius 3 is 2.62 bits per heavy atom. The van der Waals surface area contributed by atoms with Crippen molar-refractivity contribution in [3.05, 3.63) is 23.8 Å². The van der Waals surface area contributed by atoms with Crippen LogP contribution in [-0.2, 0) is 16.1 Å². The van der Waals surface area contributed by atoms with E-state index < -0.39 is 11.9 Å². The van der Waals surface area contributed by atoms with Gasteiger partial charge in [-0.2, -0.15) is 0 Å². The summed E-state index contributed by atoms with van der Waals surface area (Å²) < 4.78 is 10.5. The van der Waals surface area contributed by atoms with E-state index >= 15 is 0 Å². The van der Waals surface area contributed by atoms with Gasteiger partial charge in [0.1, 0.15) is 0 Å². The molecule has 1 heterocycles. The average molecular weight is 387 g/mol. The number of rotatable bonds is 7. The molecule has 2 N–H and O–H groups in total. The lowest BCUT2D eigenvalue weighted by atomic mass is 9.97. The van der Waals surface area contributed by atoms with Crippen molar-refractivity contribution in [1.82, 2.24) is 10.2 Å². The summed E-state index contributed by atoms with van der Waals surface area (Å²) in [4.78, 5) is 25.5. The number of methoxy groups -OCH3 is 2. The Hall–Kier alpha value is -1.99. The highest BCUT2D eigenvalue weighted by Crippen LogP contribution is 2.27. The number of carbonyl (C=O) groups is 2. The molecular weight excluding hydrogens is 360 g/mol. The average Bonchev–Trinajstić information content (AvgIpc) is 2.65. The number of piperidine rings is 1. The largest absolute Gasteiger partial charge is 0.493 e. The molecule has 0 aliphatic carbocycles. The summed E-state index contributed by atoms with van der Waals surface area (Å²) in [6, 6.07) is 5.13. The highest BCUT2D eigenvalue weighted by Gasteiger charge is 2.30. The normalized spacial score (nSPS) is 18.3. The van der Waals surface area contributed by atoms with Gasteiger partial charge in [0.15, 0.2) is 11.5 Å². The third kappa shape index (κ3) is 5.51. The summed E-state index contributed by atoms with van der Waals surface area (Å²) in [5.41, 5.74) is 0.903. The van der Waals surface area contributed by atoms with Crippen LogP contribution >= 0.6 is 12.4 Å². The summed E-state index contributed by atoms with van der Waals surface area (Å²) in [6.07, 6.45) is 1.47. The fourth-order valence-electron chi connectivity index (χ4n) is 3.05. The number of hydrogen-bond acceptors (Lipinski definition) is 5. The van der Waals surface area contributed by atoms with Crippen LogP contribution in [-0.4, -0.2) is 55.2 Å². The molecule has 2 unspecified atom stereocenters. The second kappa shape index (κ2) is 10.2. The number of halogens is 1. The lowest BCUT2D eigenvalue weighted by Crippen LogP contribution is -2.50. The minimum atomic E-state index is -0.789. The van der Waals surface area contributed by atoms with Gasteiger partial charge in [0.05, 0.1) is 26.2 Å². The molecule has 2 rings (SSSR count). The Morgan fingerprint density at radius 1 is 1.31 bits per heavy atom. The van der Waals surface area contributed by atoms with E-state index in [4.69, 9.17) is 9.47 Å². The number of carboxylic acids is 1. The molecule has 1 saturated heterocycles. The number of ether oxygens (including phenoxy) is 2. The number of aliphatic carboxylic acids is 1. The van der Waals surface area contributed by atoms with Crippen LogP contribution in [0.3, 0.4) is 0 Å². The Balaban J connectivity index is 0.00000338. The van der Waals surface area contributed by atoms with Crippen molar-refractivity contribution in [2.45, 2.75) is 32.4 Å². The van der Waals surface area contributed by atoms with Crippen LogP contribution in [0.1, 0.15) is 25.3 Å². The van der Waals surface area contributed by atoms with Gasteiger partial charge < -0.3 is 19.9 Å². The molecule has 7 nitrogen and oxygen atoms in total. The van der Waals surface area contributed by atoms with E-state index in [9.17, 15) is 14.7 Å². The summed E-state index contributed by atoms with van der Waals surface area (Å²) in [5, 5.41) is 12.1. The number of benzene rings is 1. The van der Waals surface area contributed by atoms with Gasteiger partial charge in [-0.15, -0.1) is 12.4 Å². The highest BCUT2D eigenvalue weighted by molar-refractivity contribution is 5.85. The Kier molecular flexibility index (Phi) is 8.68. The minimum Gasteiger partial charge on any atom is -0.493 e. The van der Waals surface area contributed by atoms with E-state index in [1.165, 1.54) is 0 Å². The quantitative estimate of drug-likeness (QED) is 0.744. The minimum absolute atomic E-state index is 0. The van der Waals surface area contributed by atoms with Crippen molar-refractivity contribution >= 4 is 24.3 Å². The Morgan fingerprint density at radius 2 is 2.00 bits per heavy atom. The molecule has 146 valence electrons. The summed E-state index contributed by atoms with van der Waals surface area (Å²) in [5.74, 6) is -0.0417. The van der Waals surface area contributed by atoms with Crippen LogP contribution in [0.4, 0.5) is 0 Å². The molecule has 0 saturated carbocycles. The molecule has 1 amide bonds. The van der Waals surface area contributed by atoms with Crippen molar-refractivity contribution in [1.29, 1.82) is 0 Å². The molecule has 1 aromatic rings. The molecule has 26 heavy (non-hydrogen) atoms. The third-order valence-corrected chi connectivity index (χ3v) is 4.64. The van der Waals surface area contributed by atoms with E-state index in [0.29, 0.717) is 31.0 Å². The molecule has 1 aliphatic rings. The first kappa shape index (κ1) is 22.1. The van der Waals surface area contributed by atoms with Crippen LogP contribution in [0.2, 0.25) is 0 Å². The van der Waals surface area contributed by atoms with Crippen LogP contribution in [0.15, 0.2) is 18.2 Å². The first-order valence-corrected chi connectivity index (χ1v) is 8.41. The van der Waals surface area contributed by atoms with Crippen molar-refractivity contribution < 1.29 is 24.2 Å². The number of nitrogens with one attached hydrogen (secondary N) is 1. The van der Waals surface area contributed by atoms with Crippen LogP contribution < -0.4 is 14.8 Å². The number of hydrogen-bond donors (Lipinski definition) is 2. The monoisotopic (exact) mass is 386 g/mol. The molecule has 0 aromatic heterocycles. The number of likely N-dealkylation sites (tertiary alicyclic amines) is 1. The van der Waals surface area contributed by atoms with Crippen molar-refractivity contribution in [2.24, 2.45) is 5.92 Å². The van der Waals surface area contributed by atoms with Crippen molar-refractivity contribution in [3.63, 3.8) is 0 Å². The summed E-state index contributed by atoms with van der Waals surface area (Å²) in [6.45, 7) is 3.35. The van der Waals surface area contributed by atoms with E-state index in [0.717, 1.165) is 18.5 Å². The molecular formula is C18H27ClN2O5. The molecule has 1 aliphatic heterocycles. The number of carboxylic acid groups (broad SMARTS) is 1. The fraction of sp³-hybridized carbons (Fsp3) is 0.556. The summed E-state index contributed by atoms with van der Waals surface area (Å²) in [7, 11) is 3.14. The van der Waals surface area contributed by atoms with Crippen LogP contribution in [0.25, 0.3) is 0 Å². The number of carbonyl (C=O) groups excluding carboxylic acids is 1. The lowest BCUT2D eigenvalue weighted by molar-refractivity contribution is -0.145. The molecule has 8 heteroatoms. The Labute approximate surface area is 160 Å².